The van der Waals surface area contributed by atoms with E-state index in [2.05, 4.69) is 26.3 Å². The fourth-order valence-corrected chi connectivity index (χ4v) is 1.69. The van der Waals surface area contributed by atoms with E-state index in [4.69, 9.17) is 4.74 Å². The summed E-state index contributed by atoms with van der Waals surface area (Å²) >= 11 is 3.25. The number of aromatic nitrogens is 2. The highest BCUT2D eigenvalue weighted by Gasteiger charge is 2.09. The minimum Gasteiger partial charge on any atom is -0.380 e. The Bertz CT molecular complexity index is 406. The lowest BCUT2D eigenvalue weighted by molar-refractivity contribution is 0.141. The summed E-state index contributed by atoms with van der Waals surface area (Å²) < 4.78 is 7.05. The van der Waals surface area contributed by atoms with Gasteiger partial charge in [-0.15, -0.1) is 0 Å². The van der Waals surface area contributed by atoms with Crippen molar-refractivity contribution in [1.29, 1.82) is 0 Å². The Hall–Kier alpha value is -0.880. The third kappa shape index (κ3) is 3.31. The number of ether oxygens (including phenoxy) is 1. The SMILES string of the molecule is CCOCC(C)Nc1cnn(C)c(=O)c1Br. The van der Waals surface area contributed by atoms with Gasteiger partial charge in [0.25, 0.3) is 5.56 Å². The molecule has 6 heteroatoms. The second-order valence-corrected chi connectivity index (χ2v) is 4.30. The lowest BCUT2D eigenvalue weighted by atomic mass is 10.3. The topological polar surface area (TPSA) is 56.1 Å². The molecule has 0 aliphatic heterocycles. The van der Waals surface area contributed by atoms with Crippen LogP contribution >= 0.6 is 15.9 Å². The number of hydrogen-bond acceptors (Lipinski definition) is 4. The highest BCUT2D eigenvalue weighted by molar-refractivity contribution is 9.10. The molecule has 0 spiro atoms. The fraction of sp³-hybridized carbons (Fsp3) is 0.600. The van der Waals surface area contributed by atoms with Gasteiger partial charge in [0, 0.05) is 19.7 Å². The van der Waals surface area contributed by atoms with Crippen LogP contribution in [0, 0.1) is 0 Å². The van der Waals surface area contributed by atoms with Crippen molar-refractivity contribution in [3.8, 4) is 0 Å². The van der Waals surface area contributed by atoms with Gasteiger partial charge in [0.05, 0.1) is 18.5 Å². The Morgan fingerprint density at radius 1 is 1.69 bits per heavy atom. The fourth-order valence-electron chi connectivity index (χ4n) is 1.21. The van der Waals surface area contributed by atoms with Gasteiger partial charge in [-0.25, -0.2) is 4.68 Å². The second kappa shape index (κ2) is 6.00. The highest BCUT2D eigenvalue weighted by Crippen LogP contribution is 2.16. The van der Waals surface area contributed by atoms with Crippen LogP contribution in [0.5, 0.6) is 0 Å². The van der Waals surface area contributed by atoms with Crippen LogP contribution in [-0.2, 0) is 11.8 Å². The van der Waals surface area contributed by atoms with Gasteiger partial charge >= 0.3 is 0 Å². The van der Waals surface area contributed by atoms with Crippen LogP contribution in [0.2, 0.25) is 0 Å². The largest absolute Gasteiger partial charge is 0.380 e. The third-order valence-corrected chi connectivity index (χ3v) is 2.82. The zero-order chi connectivity index (χ0) is 12.1. The first-order chi connectivity index (χ1) is 7.56. The standard InChI is InChI=1S/C10H16BrN3O2/c1-4-16-6-7(2)13-8-5-12-14(3)10(15)9(8)11/h5,7,13H,4,6H2,1-3H3. The summed E-state index contributed by atoms with van der Waals surface area (Å²) in [6.45, 7) is 5.21. The summed E-state index contributed by atoms with van der Waals surface area (Å²) in [7, 11) is 1.61. The van der Waals surface area contributed by atoms with Crippen molar-refractivity contribution in [2.24, 2.45) is 7.05 Å². The van der Waals surface area contributed by atoms with Crippen LogP contribution in [0.15, 0.2) is 15.5 Å². The summed E-state index contributed by atoms with van der Waals surface area (Å²) in [5.74, 6) is 0. The minimum absolute atomic E-state index is 0.130. The Morgan fingerprint density at radius 2 is 2.38 bits per heavy atom. The molecule has 1 aromatic rings. The van der Waals surface area contributed by atoms with Crippen molar-refractivity contribution in [3.05, 3.63) is 21.0 Å². The molecule has 0 saturated heterocycles. The number of aryl methyl sites for hydroxylation is 1. The van der Waals surface area contributed by atoms with Gasteiger partial charge in [0.2, 0.25) is 0 Å². The molecular formula is C10H16BrN3O2. The van der Waals surface area contributed by atoms with Crippen LogP contribution in [0.3, 0.4) is 0 Å². The minimum atomic E-state index is -0.159. The Kier molecular flexibility index (Phi) is 4.95. The van der Waals surface area contributed by atoms with E-state index in [0.717, 1.165) is 0 Å². The van der Waals surface area contributed by atoms with Crippen molar-refractivity contribution < 1.29 is 4.74 Å². The van der Waals surface area contributed by atoms with Crippen molar-refractivity contribution in [2.45, 2.75) is 19.9 Å². The molecular weight excluding hydrogens is 274 g/mol. The van der Waals surface area contributed by atoms with Crippen molar-refractivity contribution >= 4 is 21.6 Å². The summed E-state index contributed by atoms with van der Waals surface area (Å²) in [6.07, 6.45) is 1.62. The monoisotopic (exact) mass is 289 g/mol. The average molecular weight is 290 g/mol. The molecule has 0 fully saturated rings. The van der Waals surface area contributed by atoms with Crippen LogP contribution in [0.1, 0.15) is 13.8 Å². The normalized spacial score (nSPS) is 12.5. The predicted molar refractivity (Wildman–Crippen MR) is 66.8 cm³/mol. The molecule has 0 aromatic carbocycles. The zero-order valence-corrected chi connectivity index (χ0v) is 11.2. The molecule has 16 heavy (non-hydrogen) atoms. The van der Waals surface area contributed by atoms with Crippen LogP contribution in [0.25, 0.3) is 0 Å². The van der Waals surface area contributed by atoms with E-state index >= 15 is 0 Å². The van der Waals surface area contributed by atoms with Crippen molar-refractivity contribution in [3.63, 3.8) is 0 Å². The molecule has 0 aliphatic rings. The molecule has 1 rings (SSSR count). The summed E-state index contributed by atoms with van der Waals surface area (Å²) in [6, 6.07) is 0.130. The molecule has 1 unspecified atom stereocenters. The Labute approximate surface area is 103 Å². The molecule has 0 radical (unpaired) electrons. The third-order valence-electron chi connectivity index (χ3n) is 2.05. The highest BCUT2D eigenvalue weighted by atomic mass is 79.9. The molecule has 1 N–H and O–H groups in total. The van der Waals surface area contributed by atoms with Crippen molar-refractivity contribution in [2.75, 3.05) is 18.5 Å². The van der Waals surface area contributed by atoms with E-state index in [1.54, 1.807) is 13.2 Å². The summed E-state index contributed by atoms with van der Waals surface area (Å²) in [4.78, 5) is 11.6. The molecule has 0 amide bonds. The number of anilines is 1. The molecule has 1 heterocycles. The van der Waals surface area contributed by atoms with Gasteiger partial charge in [-0.2, -0.15) is 5.10 Å². The van der Waals surface area contributed by atoms with E-state index in [-0.39, 0.29) is 11.6 Å². The number of halogens is 1. The number of nitrogens with one attached hydrogen (secondary N) is 1. The summed E-state index contributed by atoms with van der Waals surface area (Å²) in [5, 5.41) is 7.11. The maximum atomic E-state index is 11.6. The second-order valence-electron chi connectivity index (χ2n) is 3.51. The van der Waals surface area contributed by atoms with Gasteiger partial charge in [-0.05, 0) is 29.8 Å². The van der Waals surface area contributed by atoms with E-state index in [1.165, 1.54) is 4.68 Å². The first-order valence-electron chi connectivity index (χ1n) is 5.12. The molecule has 0 bridgehead atoms. The zero-order valence-electron chi connectivity index (χ0n) is 9.66. The number of hydrogen-bond donors (Lipinski definition) is 1. The molecule has 1 aromatic heterocycles. The average Bonchev–Trinajstić information content (AvgIpc) is 2.27. The van der Waals surface area contributed by atoms with Crippen molar-refractivity contribution in [1.82, 2.24) is 9.78 Å². The van der Waals surface area contributed by atoms with Gasteiger partial charge in [0.15, 0.2) is 0 Å². The number of rotatable bonds is 5. The first kappa shape index (κ1) is 13.2. The summed E-state index contributed by atoms with van der Waals surface area (Å²) in [5.41, 5.74) is 0.531. The van der Waals surface area contributed by atoms with Gasteiger partial charge < -0.3 is 10.1 Å². The smallest absolute Gasteiger partial charge is 0.282 e. The van der Waals surface area contributed by atoms with Gasteiger partial charge in [0.1, 0.15) is 4.47 Å². The Balaban J connectivity index is 2.74. The quantitative estimate of drug-likeness (QED) is 0.890. The lowest BCUT2D eigenvalue weighted by Gasteiger charge is -2.15. The molecule has 90 valence electrons. The van der Waals surface area contributed by atoms with E-state index in [1.807, 2.05) is 13.8 Å². The molecule has 5 nitrogen and oxygen atoms in total. The van der Waals surface area contributed by atoms with E-state index in [0.29, 0.717) is 23.4 Å². The van der Waals surface area contributed by atoms with Crippen LogP contribution in [0.4, 0.5) is 5.69 Å². The molecule has 0 saturated carbocycles. The first-order valence-corrected chi connectivity index (χ1v) is 5.91. The number of nitrogens with zero attached hydrogens (tertiary/aromatic N) is 2. The maximum Gasteiger partial charge on any atom is 0.282 e. The van der Waals surface area contributed by atoms with E-state index < -0.39 is 0 Å². The van der Waals surface area contributed by atoms with Gasteiger partial charge in [-0.3, -0.25) is 4.79 Å². The Morgan fingerprint density at radius 3 is 3.00 bits per heavy atom. The maximum absolute atomic E-state index is 11.6. The lowest BCUT2D eigenvalue weighted by Crippen LogP contribution is -2.26. The molecule has 1 atom stereocenters. The van der Waals surface area contributed by atoms with Crippen LogP contribution < -0.4 is 10.9 Å². The van der Waals surface area contributed by atoms with Crippen LogP contribution in [-0.4, -0.2) is 29.0 Å². The van der Waals surface area contributed by atoms with Gasteiger partial charge in [-0.1, -0.05) is 0 Å². The van der Waals surface area contributed by atoms with E-state index in [9.17, 15) is 4.79 Å². The predicted octanol–water partition coefficient (Wildman–Crippen LogP) is 1.38. The molecule has 0 aliphatic carbocycles.